The monoisotopic (exact) mass is 258 g/mol. The van der Waals surface area contributed by atoms with Gasteiger partial charge >= 0.3 is 0 Å². The molecule has 1 aromatic carbocycles. The lowest BCUT2D eigenvalue weighted by molar-refractivity contribution is 0.156. The molecule has 0 saturated carbocycles. The van der Waals surface area contributed by atoms with Gasteiger partial charge < -0.3 is 14.4 Å². The van der Waals surface area contributed by atoms with Gasteiger partial charge in [0.1, 0.15) is 12.4 Å². The second-order valence-corrected chi connectivity index (χ2v) is 4.92. The van der Waals surface area contributed by atoms with Crippen molar-refractivity contribution in [3.8, 4) is 5.75 Å². The number of ether oxygens (including phenoxy) is 1. The minimum absolute atomic E-state index is 0.332. The topological polar surface area (TPSA) is 47.3 Å². The van der Waals surface area contributed by atoms with Gasteiger partial charge in [-0.15, -0.1) is 0 Å². The lowest BCUT2D eigenvalue weighted by atomic mass is 9.89. The number of aliphatic hydroxyl groups is 1. The molecule has 0 amide bonds. The Bertz CT molecular complexity index is 537. The van der Waals surface area contributed by atoms with E-state index >= 15 is 0 Å². The second-order valence-electron chi connectivity index (χ2n) is 4.92. The van der Waals surface area contributed by atoms with Gasteiger partial charge in [-0.05, 0) is 42.5 Å². The second kappa shape index (κ2) is 5.45. The van der Waals surface area contributed by atoms with E-state index in [4.69, 9.17) is 4.74 Å². The molecule has 2 aromatic rings. The molecule has 0 fully saturated rings. The zero-order valence-corrected chi connectivity index (χ0v) is 10.8. The van der Waals surface area contributed by atoms with E-state index < -0.39 is 0 Å². The molecule has 3 rings (SSSR count). The maximum absolute atomic E-state index is 9.99. The fraction of sp³-hybridized carbons (Fsp3) is 0.400. The van der Waals surface area contributed by atoms with Gasteiger partial charge in [0, 0.05) is 12.4 Å². The number of aromatic nitrogens is 2. The largest absolute Gasteiger partial charge is 0.492 e. The molecule has 1 unspecified atom stereocenters. The third-order valence-electron chi connectivity index (χ3n) is 3.58. The maximum Gasteiger partial charge on any atom is 0.119 e. The molecule has 1 aliphatic rings. The van der Waals surface area contributed by atoms with Crippen LogP contribution in [0, 0.1) is 0 Å². The summed E-state index contributed by atoms with van der Waals surface area (Å²) in [6, 6.07) is 6.04. The van der Waals surface area contributed by atoms with Crippen molar-refractivity contribution in [1.29, 1.82) is 0 Å². The minimum atomic E-state index is -0.332. The highest BCUT2D eigenvalue weighted by Crippen LogP contribution is 2.32. The molecule has 0 spiro atoms. The van der Waals surface area contributed by atoms with Crippen LogP contribution in [-0.4, -0.2) is 21.3 Å². The smallest absolute Gasteiger partial charge is 0.119 e. The van der Waals surface area contributed by atoms with Crippen molar-refractivity contribution in [2.24, 2.45) is 0 Å². The van der Waals surface area contributed by atoms with Crippen molar-refractivity contribution in [2.45, 2.75) is 31.9 Å². The number of hydrogen-bond donors (Lipinski definition) is 1. The molecule has 1 heterocycles. The quantitative estimate of drug-likeness (QED) is 0.915. The van der Waals surface area contributed by atoms with Gasteiger partial charge in [-0.1, -0.05) is 6.07 Å². The van der Waals surface area contributed by atoms with Gasteiger partial charge in [-0.3, -0.25) is 0 Å². The fourth-order valence-electron chi connectivity index (χ4n) is 2.53. The molecule has 0 saturated heterocycles. The number of benzene rings is 1. The predicted molar refractivity (Wildman–Crippen MR) is 72.1 cm³/mol. The Kier molecular flexibility index (Phi) is 3.51. The van der Waals surface area contributed by atoms with Gasteiger partial charge in [0.05, 0.1) is 19.0 Å². The molecule has 4 nitrogen and oxygen atoms in total. The van der Waals surface area contributed by atoms with Crippen LogP contribution < -0.4 is 4.74 Å². The molecule has 1 aromatic heterocycles. The molecular formula is C15H18N2O2. The number of aliphatic hydroxyl groups excluding tert-OH is 1. The molecular weight excluding hydrogens is 240 g/mol. The van der Waals surface area contributed by atoms with E-state index in [2.05, 4.69) is 11.1 Å². The number of aryl methyl sites for hydroxylation is 1. The van der Waals surface area contributed by atoms with Crippen molar-refractivity contribution in [1.82, 2.24) is 9.55 Å². The zero-order chi connectivity index (χ0) is 13.1. The number of hydrogen-bond acceptors (Lipinski definition) is 3. The highest BCUT2D eigenvalue weighted by molar-refractivity contribution is 5.38. The summed E-state index contributed by atoms with van der Waals surface area (Å²) in [7, 11) is 0. The molecule has 0 radical (unpaired) electrons. The minimum Gasteiger partial charge on any atom is -0.492 e. The van der Waals surface area contributed by atoms with Crippen LogP contribution in [0.2, 0.25) is 0 Å². The van der Waals surface area contributed by atoms with E-state index in [1.165, 1.54) is 5.56 Å². The van der Waals surface area contributed by atoms with Crippen LogP contribution in [0.25, 0.3) is 0 Å². The molecule has 100 valence electrons. The van der Waals surface area contributed by atoms with E-state index in [9.17, 15) is 5.11 Å². The van der Waals surface area contributed by atoms with E-state index in [0.717, 1.165) is 37.1 Å². The zero-order valence-electron chi connectivity index (χ0n) is 10.8. The third-order valence-corrected chi connectivity index (χ3v) is 3.58. The van der Waals surface area contributed by atoms with Gasteiger partial charge in [0.2, 0.25) is 0 Å². The van der Waals surface area contributed by atoms with Crippen LogP contribution in [-0.2, 0) is 13.0 Å². The van der Waals surface area contributed by atoms with Crippen LogP contribution in [0.4, 0.5) is 0 Å². The third kappa shape index (κ3) is 2.79. The Balaban J connectivity index is 1.63. The van der Waals surface area contributed by atoms with Gasteiger partial charge in [0.15, 0.2) is 0 Å². The average molecular weight is 258 g/mol. The SMILES string of the molecule is OC1CCCc2ccc(OCCn3ccnc3)cc21. The van der Waals surface area contributed by atoms with Crippen molar-refractivity contribution in [3.63, 3.8) is 0 Å². The van der Waals surface area contributed by atoms with Crippen LogP contribution in [0.5, 0.6) is 5.75 Å². The summed E-state index contributed by atoms with van der Waals surface area (Å²) in [6.45, 7) is 1.38. The number of fused-ring (bicyclic) bond motifs is 1. The van der Waals surface area contributed by atoms with Crippen LogP contribution in [0.15, 0.2) is 36.9 Å². The summed E-state index contributed by atoms with van der Waals surface area (Å²) in [5, 5.41) is 9.99. The van der Waals surface area contributed by atoms with E-state index in [1.807, 2.05) is 22.9 Å². The highest BCUT2D eigenvalue weighted by atomic mass is 16.5. The normalized spacial score (nSPS) is 18.1. The summed E-state index contributed by atoms with van der Waals surface area (Å²) in [6.07, 6.45) is 8.10. The van der Waals surface area contributed by atoms with E-state index in [0.29, 0.717) is 6.61 Å². The standard InChI is InChI=1S/C15H18N2O2/c18-15-3-1-2-12-4-5-13(10-14(12)15)19-9-8-17-7-6-16-11-17/h4-7,10-11,15,18H,1-3,8-9H2. The van der Waals surface area contributed by atoms with Crippen molar-refractivity contribution in [3.05, 3.63) is 48.0 Å². The van der Waals surface area contributed by atoms with E-state index in [-0.39, 0.29) is 6.10 Å². The lowest BCUT2D eigenvalue weighted by Crippen LogP contribution is -2.10. The van der Waals surface area contributed by atoms with Gasteiger partial charge in [-0.25, -0.2) is 4.98 Å². The summed E-state index contributed by atoms with van der Waals surface area (Å²) in [5.74, 6) is 0.833. The predicted octanol–water partition coefficient (Wildman–Crippen LogP) is 2.33. The first-order valence-corrected chi connectivity index (χ1v) is 6.72. The first-order chi connectivity index (χ1) is 9.33. The van der Waals surface area contributed by atoms with E-state index in [1.54, 1.807) is 12.5 Å². The number of imidazole rings is 1. The van der Waals surface area contributed by atoms with Gasteiger partial charge in [-0.2, -0.15) is 0 Å². The molecule has 19 heavy (non-hydrogen) atoms. The first kappa shape index (κ1) is 12.2. The lowest BCUT2D eigenvalue weighted by Gasteiger charge is -2.22. The molecule has 1 N–H and O–H groups in total. The molecule has 1 aliphatic carbocycles. The van der Waals surface area contributed by atoms with Crippen LogP contribution in [0.1, 0.15) is 30.1 Å². The Morgan fingerprint density at radius 3 is 3.21 bits per heavy atom. The van der Waals surface area contributed by atoms with Crippen molar-refractivity contribution in [2.75, 3.05) is 6.61 Å². The van der Waals surface area contributed by atoms with Gasteiger partial charge in [0.25, 0.3) is 0 Å². The van der Waals surface area contributed by atoms with Crippen LogP contribution >= 0.6 is 0 Å². The Labute approximate surface area is 112 Å². The number of rotatable bonds is 4. The van der Waals surface area contributed by atoms with Crippen LogP contribution in [0.3, 0.4) is 0 Å². The number of nitrogens with zero attached hydrogens (tertiary/aromatic N) is 2. The molecule has 0 bridgehead atoms. The Hall–Kier alpha value is -1.81. The fourth-order valence-corrected chi connectivity index (χ4v) is 2.53. The summed E-state index contributed by atoms with van der Waals surface area (Å²) in [5.41, 5.74) is 2.28. The summed E-state index contributed by atoms with van der Waals surface area (Å²) in [4.78, 5) is 3.99. The summed E-state index contributed by atoms with van der Waals surface area (Å²) < 4.78 is 7.71. The van der Waals surface area contributed by atoms with Crippen molar-refractivity contribution >= 4 is 0 Å². The average Bonchev–Trinajstić information content (AvgIpc) is 2.93. The highest BCUT2D eigenvalue weighted by Gasteiger charge is 2.18. The van der Waals surface area contributed by atoms with Crippen molar-refractivity contribution < 1.29 is 9.84 Å². The Morgan fingerprint density at radius 2 is 2.37 bits per heavy atom. The Morgan fingerprint density at radius 1 is 1.42 bits per heavy atom. The maximum atomic E-state index is 9.99. The first-order valence-electron chi connectivity index (χ1n) is 6.72. The molecule has 4 heteroatoms. The molecule has 0 aliphatic heterocycles. The summed E-state index contributed by atoms with van der Waals surface area (Å²) >= 11 is 0. The molecule has 1 atom stereocenters.